The second-order valence-corrected chi connectivity index (χ2v) is 7.52. The lowest BCUT2D eigenvalue weighted by Crippen LogP contribution is -2.11. The summed E-state index contributed by atoms with van der Waals surface area (Å²) in [6.07, 6.45) is 13.7. The smallest absolute Gasteiger partial charge is 0.0162 e. The highest BCUT2D eigenvalue weighted by Gasteiger charge is 2.20. The maximum absolute atomic E-state index is 2.45. The fourth-order valence-electron chi connectivity index (χ4n) is 4.07. The van der Waals surface area contributed by atoms with Crippen molar-refractivity contribution in [3.8, 4) is 11.1 Å². The van der Waals surface area contributed by atoms with E-state index in [1.165, 1.54) is 67.2 Å². The molecular formula is C25H32. The second-order valence-electron chi connectivity index (χ2n) is 7.52. The van der Waals surface area contributed by atoms with E-state index in [2.05, 4.69) is 74.5 Å². The number of hydrogen-bond acceptors (Lipinski definition) is 0. The Morgan fingerprint density at radius 2 is 1.40 bits per heavy atom. The number of aryl methyl sites for hydroxylation is 1. The van der Waals surface area contributed by atoms with Gasteiger partial charge in [-0.3, -0.25) is 0 Å². The predicted molar refractivity (Wildman–Crippen MR) is 110 cm³/mol. The lowest BCUT2D eigenvalue weighted by Gasteiger charge is -2.27. The molecular weight excluding hydrogens is 300 g/mol. The molecule has 1 fully saturated rings. The molecule has 0 radical (unpaired) electrons. The largest absolute Gasteiger partial charge is 0.0885 e. The van der Waals surface area contributed by atoms with Crippen LogP contribution in [0.2, 0.25) is 0 Å². The quantitative estimate of drug-likeness (QED) is 0.479. The van der Waals surface area contributed by atoms with E-state index in [1.54, 1.807) is 0 Å². The van der Waals surface area contributed by atoms with E-state index in [9.17, 15) is 0 Å². The predicted octanol–water partition coefficient (Wildman–Crippen LogP) is 7.55. The molecule has 2 aromatic rings. The molecule has 0 aliphatic heterocycles. The third kappa shape index (κ3) is 4.84. The maximum Gasteiger partial charge on any atom is -0.0162 e. The van der Waals surface area contributed by atoms with Crippen molar-refractivity contribution in [2.24, 2.45) is 5.92 Å². The van der Waals surface area contributed by atoms with Crippen LogP contribution in [0.4, 0.5) is 0 Å². The zero-order valence-corrected chi connectivity index (χ0v) is 15.9. The van der Waals surface area contributed by atoms with Gasteiger partial charge >= 0.3 is 0 Å². The van der Waals surface area contributed by atoms with Crippen LogP contribution in [-0.4, -0.2) is 0 Å². The SMILES string of the molecule is CC/C=C/C1CCC(c2ccc(-c3ccc(CCC)cc3)cc2)CC1. The summed E-state index contributed by atoms with van der Waals surface area (Å²) in [5, 5.41) is 0. The molecule has 1 saturated carbocycles. The molecule has 25 heavy (non-hydrogen) atoms. The van der Waals surface area contributed by atoms with Gasteiger partial charge in [-0.15, -0.1) is 0 Å². The molecule has 0 amide bonds. The number of allylic oxidation sites excluding steroid dienone is 2. The van der Waals surface area contributed by atoms with Crippen LogP contribution < -0.4 is 0 Å². The fraction of sp³-hybridized carbons (Fsp3) is 0.440. The third-order valence-corrected chi connectivity index (χ3v) is 5.62. The van der Waals surface area contributed by atoms with E-state index in [1.807, 2.05) is 0 Å². The van der Waals surface area contributed by atoms with Gasteiger partial charge in [0.05, 0.1) is 0 Å². The summed E-state index contributed by atoms with van der Waals surface area (Å²) in [6, 6.07) is 18.4. The van der Waals surface area contributed by atoms with Gasteiger partial charge in [-0.25, -0.2) is 0 Å². The van der Waals surface area contributed by atoms with Crippen molar-refractivity contribution >= 4 is 0 Å². The molecule has 0 N–H and O–H groups in total. The number of hydrogen-bond donors (Lipinski definition) is 0. The molecule has 3 rings (SSSR count). The first-order valence-corrected chi connectivity index (χ1v) is 10.2. The number of benzene rings is 2. The highest BCUT2D eigenvalue weighted by atomic mass is 14.3. The van der Waals surface area contributed by atoms with E-state index in [0.29, 0.717) is 0 Å². The summed E-state index contributed by atoms with van der Waals surface area (Å²) in [4.78, 5) is 0. The molecule has 0 spiro atoms. The molecule has 0 heteroatoms. The topological polar surface area (TPSA) is 0 Å². The first-order chi connectivity index (χ1) is 12.3. The zero-order chi connectivity index (χ0) is 17.5. The van der Waals surface area contributed by atoms with Crippen molar-refractivity contribution in [1.82, 2.24) is 0 Å². The van der Waals surface area contributed by atoms with Gasteiger partial charge in [0.1, 0.15) is 0 Å². The van der Waals surface area contributed by atoms with Gasteiger partial charge in [0, 0.05) is 0 Å². The van der Waals surface area contributed by atoms with E-state index in [4.69, 9.17) is 0 Å². The van der Waals surface area contributed by atoms with E-state index in [0.717, 1.165) is 11.8 Å². The van der Waals surface area contributed by atoms with Crippen molar-refractivity contribution in [2.45, 2.75) is 64.7 Å². The van der Waals surface area contributed by atoms with Crippen LogP contribution in [0.25, 0.3) is 11.1 Å². The Balaban J connectivity index is 1.61. The van der Waals surface area contributed by atoms with Crippen LogP contribution in [0.1, 0.15) is 69.4 Å². The average molecular weight is 333 g/mol. The fourth-order valence-corrected chi connectivity index (χ4v) is 4.07. The van der Waals surface area contributed by atoms with E-state index in [-0.39, 0.29) is 0 Å². The van der Waals surface area contributed by atoms with Crippen LogP contribution in [0, 0.1) is 5.92 Å². The van der Waals surface area contributed by atoms with Crippen LogP contribution >= 0.6 is 0 Å². The molecule has 0 atom stereocenters. The van der Waals surface area contributed by atoms with Crippen LogP contribution in [-0.2, 0) is 6.42 Å². The van der Waals surface area contributed by atoms with Crippen LogP contribution in [0.3, 0.4) is 0 Å². The molecule has 0 unspecified atom stereocenters. The summed E-state index contributed by atoms with van der Waals surface area (Å²) in [7, 11) is 0. The summed E-state index contributed by atoms with van der Waals surface area (Å²) in [6.45, 7) is 4.46. The van der Waals surface area contributed by atoms with Gasteiger partial charge in [0.2, 0.25) is 0 Å². The molecule has 1 aliphatic carbocycles. The first-order valence-electron chi connectivity index (χ1n) is 10.2. The van der Waals surface area contributed by atoms with Gasteiger partial charge < -0.3 is 0 Å². The normalized spacial score (nSPS) is 20.9. The van der Waals surface area contributed by atoms with Gasteiger partial charge in [-0.05, 0) is 72.6 Å². The average Bonchev–Trinajstić information content (AvgIpc) is 2.68. The standard InChI is InChI=1S/C25H32/c1-3-5-7-21-10-14-23(15-11-21)25-18-16-24(17-19-25)22-12-8-20(6-4-2)9-13-22/h5,7-9,12-13,16-19,21,23H,3-4,6,10-11,14-15H2,1-2H3/b7-5+. The maximum atomic E-state index is 2.45. The van der Waals surface area contributed by atoms with Crippen molar-refractivity contribution in [3.05, 3.63) is 71.8 Å². The molecule has 1 aliphatic rings. The van der Waals surface area contributed by atoms with Gasteiger partial charge in [-0.1, -0.05) is 81.0 Å². The molecule has 0 saturated heterocycles. The van der Waals surface area contributed by atoms with Gasteiger partial charge in [0.15, 0.2) is 0 Å². The summed E-state index contributed by atoms with van der Waals surface area (Å²) < 4.78 is 0. The molecule has 0 nitrogen and oxygen atoms in total. The monoisotopic (exact) mass is 332 g/mol. The summed E-state index contributed by atoms with van der Waals surface area (Å²) >= 11 is 0. The van der Waals surface area contributed by atoms with Crippen molar-refractivity contribution < 1.29 is 0 Å². The van der Waals surface area contributed by atoms with E-state index < -0.39 is 0 Å². The zero-order valence-electron chi connectivity index (χ0n) is 15.9. The molecule has 0 aromatic heterocycles. The minimum Gasteiger partial charge on any atom is -0.0885 e. The van der Waals surface area contributed by atoms with E-state index >= 15 is 0 Å². The highest BCUT2D eigenvalue weighted by Crippen LogP contribution is 2.37. The summed E-state index contributed by atoms with van der Waals surface area (Å²) in [5.74, 6) is 1.57. The Morgan fingerprint density at radius 1 is 0.800 bits per heavy atom. The molecule has 2 aromatic carbocycles. The highest BCUT2D eigenvalue weighted by molar-refractivity contribution is 5.64. The Morgan fingerprint density at radius 3 is 1.96 bits per heavy atom. The second kappa shape index (κ2) is 9.04. The summed E-state index contributed by atoms with van der Waals surface area (Å²) in [5.41, 5.74) is 5.65. The number of rotatable bonds is 6. The van der Waals surface area contributed by atoms with Crippen LogP contribution in [0.15, 0.2) is 60.7 Å². The Hall–Kier alpha value is -1.82. The third-order valence-electron chi connectivity index (χ3n) is 5.62. The lowest BCUT2D eigenvalue weighted by molar-refractivity contribution is 0.375. The Kier molecular flexibility index (Phi) is 6.50. The van der Waals surface area contributed by atoms with Crippen molar-refractivity contribution in [3.63, 3.8) is 0 Å². The first kappa shape index (κ1) is 18.0. The Bertz CT molecular complexity index is 652. The minimum atomic E-state index is 0.757. The van der Waals surface area contributed by atoms with Crippen LogP contribution in [0.5, 0.6) is 0 Å². The van der Waals surface area contributed by atoms with Gasteiger partial charge in [-0.2, -0.15) is 0 Å². The molecule has 0 bridgehead atoms. The minimum absolute atomic E-state index is 0.757. The van der Waals surface area contributed by atoms with Crippen molar-refractivity contribution in [1.29, 1.82) is 0 Å². The molecule has 0 heterocycles. The van der Waals surface area contributed by atoms with Crippen molar-refractivity contribution in [2.75, 3.05) is 0 Å². The molecule has 132 valence electrons. The Labute approximate surface area is 154 Å². The lowest BCUT2D eigenvalue weighted by atomic mass is 9.78. The van der Waals surface area contributed by atoms with Gasteiger partial charge in [0.25, 0.3) is 0 Å².